The Morgan fingerprint density at radius 3 is 2.44 bits per heavy atom. The number of nitrogens with zero attached hydrogens (tertiary/aromatic N) is 2. The third kappa shape index (κ3) is 4.77. The standard InChI is InChI=1S/C24H26Cl2N2O4/c1-14-12-16(7-9-19(14)32-4)22(29)20-21(15-6-8-17(25)18(26)13-15)28(24(31)23(20)30)11-5-10-27(2)3/h6-9,12-13,21,29H,5,10-11H2,1-4H3/b22-20+/t21-/m0/s1. The fraction of sp³-hybridized carbons (Fsp3) is 0.333. The number of aliphatic hydroxyl groups excluding tert-OH is 1. The van der Waals surface area contributed by atoms with Crippen LogP contribution in [0.1, 0.15) is 29.2 Å². The molecule has 32 heavy (non-hydrogen) atoms. The molecule has 1 fully saturated rings. The van der Waals surface area contributed by atoms with Gasteiger partial charge in [0.25, 0.3) is 11.7 Å². The summed E-state index contributed by atoms with van der Waals surface area (Å²) in [6, 6.07) is 9.30. The minimum Gasteiger partial charge on any atom is -0.507 e. The van der Waals surface area contributed by atoms with E-state index in [0.29, 0.717) is 39.9 Å². The molecule has 1 aliphatic heterocycles. The molecule has 0 saturated carbocycles. The first-order valence-electron chi connectivity index (χ1n) is 10.2. The van der Waals surface area contributed by atoms with Crippen LogP contribution in [0.4, 0.5) is 0 Å². The third-order valence-electron chi connectivity index (χ3n) is 5.47. The lowest BCUT2D eigenvalue weighted by Crippen LogP contribution is -2.32. The first-order chi connectivity index (χ1) is 15.1. The lowest BCUT2D eigenvalue weighted by atomic mass is 9.94. The van der Waals surface area contributed by atoms with Gasteiger partial charge in [0, 0.05) is 12.1 Å². The molecule has 0 bridgehead atoms. The van der Waals surface area contributed by atoms with E-state index in [2.05, 4.69) is 0 Å². The molecule has 2 aromatic rings. The number of ketones is 1. The molecule has 1 atom stereocenters. The number of Topliss-reactive ketones (excluding diaryl/α,β-unsaturated/α-hetero) is 1. The number of methoxy groups -OCH3 is 1. The molecule has 0 spiro atoms. The van der Waals surface area contributed by atoms with Gasteiger partial charge in [0.05, 0.1) is 28.8 Å². The summed E-state index contributed by atoms with van der Waals surface area (Å²) in [6.45, 7) is 2.94. The van der Waals surface area contributed by atoms with E-state index in [4.69, 9.17) is 27.9 Å². The van der Waals surface area contributed by atoms with E-state index in [1.54, 1.807) is 43.5 Å². The number of carbonyl (C=O) groups is 2. The number of amides is 1. The van der Waals surface area contributed by atoms with Gasteiger partial charge in [-0.05, 0) is 75.4 Å². The van der Waals surface area contributed by atoms with Crippen molar-refractivity contribution in [3.63, 3.8) is 0 Å². The van der Waals surface area contributed by atoms with Crippen LogP contribution in [0.2, 0.25) is 10.0 Å². The van der Waals surface area contributed by atoms with Crippen LogP contribution < -0.4 is 4.74 Å². The molecule has 1 N–H and O–H groups in total. The summed E-state index contributed by atoms with van der Waals surface area (Å²) in [5, 5.41) is 11.8. The van der Waals surface area contributed by atoms with Crippen LogP contribution in [0.3, 0.4) is 0 Å². The summed E-state index contributed by atoms with van der Waals surface area (Å²) in [5.74, 6) is -0.949. The number of ether oxygens (including phenoxy) is 1. The summed E-state index contributed by atoms with van der Waals surface area (Å²) >= 11 is 12.3. The average molecular weight is 477 g/mol. The Labute approximate surface area is 198 Å². The van der Waals surface area contributed by atoms with Gasteiger partial charge in [0.1, 0.15) is 11.5 Å². The van der Waals surface area contributed by atoms with Crippen molar-refractivity contribution in [3.8, 4) is 5.75 Å². The highest BCUT2D eigenvalue weighted by molar-refractivity contribution is 6.46. The molecule has 170 valence electrons. The third-order valence-corrected chi connectivity index (χ3v) is 6.21. The van der Waals surface area contributed by atoms with Gasteiger partial charge in [0.2, 0.25) is 0 Å². The van der Waals surface area contributed by atoms with Gasteiger partial charge in [-0.25, -0.2) is 0 Å². The Hall–Kier alpha value is -2.54. The number of aliphatic hydroxyl groups is 1. The minimum atomic E-state index is -0.769. The summed E-state index contributed by atoms with van der Waals surface area (Å²) < 4.78 is 5.28. The van der Waals surface area contributed by atoms with Crippen molar-refractivity contribution in [3.05, 3.63) is 68.7 Å². The number of carbonyl (C=O) groups excluding carboxylic acids is 2. The molecule has 1 amide bonds. The quantitative estimate of drug-likeness (QED) is 0.356. The Morgan fingerprint density at radius 1 is 1.12 bits per heavy atom. The number of halogens is 2. The predicted molar refractivity (Wildman–Crippen MR) is 126 cm³/mol. The topological polar surface area (TPSA) is 70.1 Å². The highest BCUT2D eigenvalue weighted by atomic mass is 35.5. The normalized spacial score (nSPS) is 18.0. The molecule has 2 aromatic carbocycles. The summed E-state index contributed by atoms with van der Waals surface area (Å²) in [7, 11) is 5.44. The average Bonchev–Trinajstić information content (AvgIpc) is 3.00. The van der Waals surface area contributed by atoms with Gasteiger partial charge >= 0.3 is 0 Å². The lowest BCUT2D eigenvalue weighted by molar-refractivity contribution is -0.139. The maximum atomic E-state index is 13.1. The van der Waals surface area contributed by atoms with Gasteiger partial charge in [-0.15, -0.1) is 0 Å². The fourth-order valence-corrected chi connectivity index (χ4v) is 4.18. The minimum absolute atomic E-state index is 0.0304. The Balaban J connectivity index is 2.13. The van der Waals surface area contributed by atoms with Crippen LogP contribution in [0.5, 0.6) is 5.75 Å². The smallest absolute Gasteiger partial charge is 0.295 e. The second-order valence-corrected chi connectivity index (χ2v) is 8.82. The van der Waals surface area contributed by atoms with Gasteiger partial charge in [0.15, 0.2) is 0 Å². The predicted octanol–water partition coefficient (Wildman–Crippen LogP) is 4.68. The van der Waals surface area contributed by atoms with Crippen molar-refractivity contribution in [2.75, 3.05) is 34.3 Å². The van der Waals surface area contributed by atoms with E-state index in [0.717, 1.165) is 12.1 Å². The molecule has 0 aliphatic carbocycles. The van der Waals surface area contributed by atoms with E-state index in [-0.39, 0.29) is 11.3 Å². The Bertz CT molecular complexity index is 1080. The summed E-state index contributed by atoms with van der Waals surface area (Å²) in [5.41, 5.74) is 1.86. The first kappa shape index (κ1) is 24.1. The molecule has 1 saturated heterocycles. The number of likely N-dealkylation sites (tertiary alicyclic amines) is 1. The van der Waals surface area contributed by atoms with Gasteiger partial charge in [-0.1, -0.05) is 29.3 Å². The van der Waals surface area contributed by atoms with Crippen molar-refractivity contribution in [2.45, 2.75) is 19.4 Å². The zero-order chi connectivity index (χ0) is 23.6. The largest absolute Gasteiger partial charge is 0.507 e. The van der Waals surface area contributed by atoms with Crippen molar-refractivity contribution in [1.29, 1.82) is 0 Å². The molecule has 1 aliphatic rings. The molecular formula is C24H26Cl2N2O4. The van der Waals surface area contributed by atoms with Crippen LogP contribution in [-0.4, -0.2) is 60.9 Å². The number of hydrogen-bond donors (Lipinski definition) is 1. The van der Waals surface area contributed by atoms with Crippen LogP contribution >= 0.6 is 23.2 Å². The Kier molecular flexibility index (Phi) is 7.49. The van der Waals surface area contributed by atoms with Gasteiger partial charge in [-0.2, -0.15) is 0 Å². The lowest BCUT2D eigenvalue weighted by Gasteiger charge is -2.26. The van der Waals surface area contributed by atoms with Crippen LogP contribution in [0.25, 0.3) is 5.76 Å². The molecular weight excluding hydrogens is 451 g/mol. The maximum Gasteiger partial charge on any atom is 0.295 e. The van der Waals surface area contributed by atoms with Crippen LogP contribution in [-0.2, 0) is 9.59 Å². The monoisotopic (exact) mass is 476 g/mol. The van der Waals surface area contributed by atoms with E-state index in [1.165, 1.54) is 4.90 Å². The van der Waals surface area contributed by atoms with E-state index in [9.17, 15) is 14.7 Å². The number of benzene rings is 2. The molecule has 1 heterocycles. The van der Waals surface area contributed by atoms with Crippen LogP contribution in [0, 0.1) is 6.92 Å². The molecule has 0 aromatic heterocycles. The van der Waals surface area contributed by atoms with E-state index >= 15 is 0 Å². The van der Waals surface area contributed by atoms with Crippen molar-refractivity contribution in [1.82, 2.24) is 9.80 Å². The number of hydrogen-bond acceptors (Lipinski definition) is 5. The Morgan fingerprint density at radius 2 is 1.84 bits per heavy atom. The number of rotatable bonds is 7. The van der Waals surface area contributed by atoms with Crippen molar-refractivity contribution >= 4 is 40.7 Å². The molecule has 0 radical (unpaired) electrons. The zero-order valence-corrected chi connectivity index (χ0v) is 20.0. The fourth-order valence-electron chi connectivity index (χ4n) is 3.88. The summed E-state index contributed by atoms with van der Waals surface area (Å²) in [4.78, 5) is 29.5. The molecule has 0 unspecified atom stereocenters. The number of aryl methyl sites for hydroxylation is 1. The molecule has 6 nitrogen and oxygen atoms in total. The molecule has 8 heteroatoms. The highest BCUT2D eigenvalue weighted by Crippen LogP contribution is 2.41. The van der Waals surface area contributed by atoms with Gasteiger partial charge < -0.3 is 19.6 Å². The van der Waals surface area contributed by atoms with Crippen molar-refractivity contribution in [2.24, 2.45) is 0 Å². The van der Waals surface area contributed by atoms with E-state index < -0.39 is 17.7 Å². The zero-order valence-electron chi connectivity index (χ0n) is 18.5. The van der Waals surface area contributed by atoms with E-state index in [1.807, 2.05) is 25.9 Å². The van der Waals surface area contributed by atoms with Crippen molar-refractivity contribution < 1.29 is 19.4 Å². The van der Waals surface area contributed by atoms with Crippen LogP contribution in [0.15, 0.2) is 42.0 Å². The second-order valence-electron chi connectivity index (χ2n) is 8.01. The SMILES string of the molecule is COc1ccc(/C(O)=C2\C(=O)C(=O)N(CCCN(C)C)[C@H]2c2ccc(Cl)c(Cl)c2)cc1C. The molecule has 3 rings (SSSR count). The maximum absolute atomic E-state index is 13.1. The summed E-state index contributed by atoms with van der Waals surface area (Å²) in [6.07, 6.45) is 0.666. The second kappa shape index (κ2) is 9.94. The highest BCUT2D eigenvalue weighted by Gasteiger charge is 2.45. The van der Waals surface area contributed by atoms with Gasteiger partial charge in [-0.3, -0.25) is 9.59 Å². The first-order valence-corrected chi connectivity index (χ1v) is 10.9.